The van der Waals surface area contributed by atoms with Gasteiger partial charge in [-0.3, -0.25) is 4.79 Å². The number of aliphatic hydroxyl groups excluding tert-OH is 3. The summed E-state index contributed by atoms with van der Waals surface area (Å²) in [6.45, 7) is 4.19. The lowest BCUT2D eigenvalue weighted by molar-refractivity contribution is -0.131. The Morgan fingerprint density at radius 1 is 0.462 bits per heavy atom. The van der Waals surface area contributed by atoms with Gasteiger partial charge in [-0.25, -0.2) is 0 Å². The molecule has 1 amide bonds. The van der Waals surface area contributed by atoms with Crippen LogP contribution in [0.25, 0.3) is 0 Å². The molecule has 0 aromatic carbocycles. The smallest absolute Gasteiger partial charge is 0.249 e. The highest BCUT2D eigenvalue weighted by Crippen LogP contribution is 2.15. The number of aliphatic hydroxyl groups is 3. The molecule has 0 radical (unpaired) electrons. The Morgan fingerprint density at radius 3 is 1.12 bits per heavy atom. The molecule has 52 heavy (non-hydrogen) atoms. The van der Waals surface area contributed by atoms with Gasteiger partial charge in [0.15, 0.2) is 0 Å². The van der Waals surface area contributed by atoms with E-state index in [9.17, 15) is 20.1 Å². The lowest BCUT2D eigenvalue weighted by Gasteiger charge is -2.21. The summed E-state index contributed by atoms with van der Waals surface area (Å²) in [6, 6.07) is -0.798. The van der Waals surface area contributed by atoms with Crippen LogP contribution in [-0.4, -0.2) is 46.1 Å². The van der Waals surface area contributed by atoms with Crippen LogP contribution in [0, 0.1) is 0 Å². The van der Waals surface area contributed by atoms with E-state index in [4.69, 9.17) is 0 Å². The van der Waals surface area contributed by atoms with Crippen molar-refractivity contribution in [1.82, 2.24) is 5.32 Å². The summed E-state index contributed by atoms with van der Waals surface area (Å²) in [5, 5.41) is 33.2. The topological polar surface area (TPSA) is 89.8 Å². The van der Waals surface area contributed by atoms with Gasteiger partial charge < -0.3 is 20.6 Å². The average Bonchev–Trinajstić information content (AvgIpc) is 3.15. The van der Waals surface area contributed by atoms with Gasteiger partial charge in [0.2, 0.25) is 5.91 Å². The zero-order chi connectivity index (χ0) is 38.0. The Balaban J connectivity index is 3.65. The van der Waals surface area contributed by atoms with Gasteiger partial charge in [0.05, 0.1) is 18.8 Å². The van der Waals surface area contributed by atoms with Crippen molar-refractivity contribution in [2.24, 2.45) is 0 Å². The van der Waals surface area contributed by atoms with E-state index in [0.717, 1.165) is 32.1 Å². The number of allylic oxidation sites excluding steroid dienone is 3. The Hall–Kier alpha value is -1.17. The Kier molecular flexibility index (Phi) is 41.6. The third-order valence-electron chi connectivity index (χ3n) is 10.8. The van der Waals surface area contributed by atoms with Crippen molar-refractivity contribution < 1.29 is 20.1 Å². The second-order valence-corrected chi connectivity index (χ2v) is 16.0. The van der Waals surface area contributed by atoms with Crippen molar-refractivity contribution >= 4 is 5.91 Å². The third-order valence-corrected chi connectivity index (χ3v) is 10.8. The second-order valence-electron chi connectivity index (χ2n) is 16.0. The molecule has 0 aliphatic heterocycles. The van der Waals surface area contributed by atoms with Gasteiger partial charge in [0, 0.05) is 0 Å². The summed E-state index contributed by atoms with van der Waals surface area (Å²) in [5.41, 5.74) is 0. The highest BCUT2D eigenvalue weighted by atomic mass is 16.3. The molecule has 0 saturated carbocycles. The van der Waals surface area contributed by atoms with E-state index in [0.29, 0.717) is 6.42 Å². The maximum atomic E-state index is 12.5. The molecule has 0 aliphatic rings. The van der Waals surface area contributed by atoms with E-state index < -0.39 is 24.2 Å². The van der Waals surface area contributed by atoms with Crippen LogP contribution in [0.15, 0.2) is 24.3 Å². The van der Waals surface area contributed by atoms with Crippen molar-refractivity contribution in [3.05, 3.63) is 24.3 Å². The Labute approximate surface area is 324 Å². The zero-order valence-electron chi connectivity index (χ0n) is 35.0. The fourth-order valence-corrected chi connectivity index (χ4v) is 7.12. The zero-order valence-corrected chi connectivity index (χ0v) is 35.0. The van der Waals surface area contributed by atoms with E-state index in [1.54, 1.807) is 6.08 Å². The van der Waals surface area contributed by atoms with Gasteiger partial charge >= 0.3 is 0 Å². The largest absolute Gasteiger partial charge is 0.394 e. The van der Waals surface area contributed by atoms with E-state index in [-0.39, 0.29) is 6.61 Å². The maximum absolute atomic E-state index is 12.5. The third kappa shape index (κ3) is 37.2. The molecule has 0 aliphatic carbocycles. The maximum Gasteiger partial charge on any atom is 0.249 e. The van der Waals surface area contributed by atoms with Crippen LogP contribution < -0.4 is 5.32 Å². The lowest BCUT2D eigenvalue weighted by Crippen LogP contribution is -2.48. The quantitative estimate of drug-likeness (QED) is 0.0371. The molecule has 3 unspecified atom stereocenters. The van der Waals surface area contributed by atoms with Crippen molar-refractivity contribution in [2.45, 2.75) is 263 Å². The van der Waals surface area contributed by atoms with Crippen molar-refractivity contribution in [2.75, 3.05) is 6.61 Å². The summed E-state index contributed by atoms with van der Waals surface area (Å²) in [6.07, 6.45) is 52.1. The fraction of sp³-hybridized carbons (Fsp3) is 0.894. The van der Waals surface area contributed by atoms with Gasteiger partial charge in [0.25, 0.3) is 0 Å². The van der Waals surface area contributed by atoms with Gasteiger partial charge in [-0.15, -0.1) is 0 Å². The molecule has 0 rings (SSSR count). The highest BCUT2D eigenvalue weighted by Gasteiger charge is 2.22. The first-order chi connectivity index (χ1) is 25.6. The summed E-state index contributed by atoms with van der Waals surface area (Å²) in [4.78, 5) is 12.5. The molecule has 0 heterocycles. The van der Waals surface area contributed by atoms with E-state index in [1.807, 2.05) is 6.08 Å². The number of rotatable bonds is 42. The van der Waals surface area contributed by atoms with Crippen LogP contribution in [0.4, 0.5) is 0 Å². The molecule has 0 aromatic heterocycles. The molecule has 308 valence electrons. The SMILES string of the molecule is CCCCCCCCCCCCCC/C=C\CCCCCCCCC(O)C(=O)NC(CO)C(O)/C=C/CCCCCCCCCCCCCCCC. The predicted octanol–water partition coefficient (Wildman–Crippen LogP) is 13.4. The molecular weight excluding hydrogens is 643 g/mol. The average molecular weight is 734 g/mol. The number of nitrogens with one attached hydrogen (secondary N) is 1. The number of unbranched alkanes of at least 4 members (excludes halogenated alkanes) is 32. The molecular formula is C47H91NO4. The summed E-state index contributed by atoms with van der Waals surface area (Å²) in [7, 11) is 0. The summed E-state index contributed by atoms with van der Waals surface area (Å²) >= 11 is 0. The summed E-state index contributed by atoms with van der Waals surface area (Å²) in [5.74, 6) is -0.506. The van der Waals surface area contributed by atoms with Gasteiger partial charge in [-0.05, 0) is 44.9 Å². The van der Waals surface area contributed by atoms with Gasteiger partial charge in [-0.1, -0.05) is 224 Å². The molecule has 0 aromatic rings. The molecule has 3 atom stereocenters. The van der Waals surface area contributed by atoms with Crippen LogP contribution in [-0.2, 0) is 4.79 Å². The number of amides is 1. The van der Waals surface area contributed by atoms with E-state index >= 15 is 0 Å². The fourth-order valence-electron chi connectivity index (χ4n) is 7.12. The van der Waals surface area contributed by atoms with Crippen molar-refractivity contribution in [1.29, 1.82) is 0 Å². The van der Waals surface area contributed by atoms with Crippen molar-refractivity contribution in [3.8, 4) is 0 Å². The summed E-state index contributed by atoms with van der Waals surface area (Å²) < 4.78 is 0. The highest BCUT2D eigenvalue weighted by molar-refractivity contribution is 5.80. The molecule has 4 N–H and O–H groups in total. The minimum Gasteiger partial charge on any atom is -0.394 e. The number of carbonyl (C=O) groups excluding carboxylic acids is 1. The monoisotopic (exact) mass is 734 g/mol. The lowest BCUT2D eigenvalue weighted by atomic mass is 10.0. The standard InChI is InChI=1S/C47H91NO4/c1-3-5-7-9-11-13-15-17-19-21-22-23-24-25-26-28-30-32-34-36-38-40-42-46(51)47(52)48-44(43-49)45(50)41-39-37-35-33-31-29-27-20-18-16-14-12-10-8-6-4-2/h25-26,39,41,44-46,49-51H,3-24,27-38,40,42-43H2,1-2H3,(H,48,52)/b26-25-,41-39+. The number of hydrogen-bond acceptors (Lipinski definition) is 4. The van der Waals surface area contributed by atoms with Crippen molar-refractivity contribution in [3.63, 3.8) is 0 Å². The molecule has 0 bridgehead atoms. The second kappa shape index (κ2) is 42.6. The molecule has 0 saturated heterocycles. The van der Waals surface area contributed by atoms with Crippen LogP contribution in [0.3, 0.4) is 0 Å². The first-order valence-electron chi connectivity index (χ1n) is 23.2. The Morgan fingerprint density at radius 2 is 0.769 bits per heavy atom. The first kappa shape index (κ1) is 50.8. The van der Waals surface area contributed by atoms with E-state index in [2.05, 4.69) is 31.3 Å². The van der Waals surface area contributed by atoms with Crippen LogP contribution >= 0.6 is 0 Å². The van der Waals surface area contributed by atoms with Crippen LogP contribution in [0.2, 0.25) is 0 Å². The minimum absolute atomic E-state index is 0.364. The van der Waals surface area contributed by atoms with Crippen LogP contribution in [0.1, 0.15) is 245 Å². The Bertz CT molecular complexity index is 768. The molecule has 5 heteroatoms. The number of carbonyl (C=O) groups is 1. The molecule has 0 spiro atoms. The molecule has 0 fully saturated rings. The molecule has 5 nitrogen and oxygen atoms in total. The minimum atomic E-state index is -1.10. The predicted molar refractivity (Wildman–Crippen MR) is 227 cm³/mol. The number of hydrogen-bond donors (Lipinski definition) is 4. The first-order valence-corrected chi connectivity index (χ1v) is 23.2. The van der Waals surface area contributed by atoms with E-state index in [1.165, 1.54) is 193 Å². The van der Waals surface area contributed by atoms with Gasteiger partial charge in [-0.2, -0.15) is 0 Å². The van der Waals surface area contributed by atoms with Crippen LogP contribution in [0.5, 0.6) is 0 Å². The van der Waals surface area contributed by atoms with Gasteiger partial charge in [0.1, 0.15) is 6.10 Å². The normalized spacial score (nSPS) is 13.7.